The predicted molar refractivity (Wildman–Crippen MR) is 222 cm³/mol. The van der Waals surface area contributed by atoms with Crippen molar-refractivity contribution < 1.29 is 28.5 Å². The molecule has 4 atom stereocenters. The Morgan fingerprint density at radius 3 is 2.61 bits per heavy atom. The van der Waals surface area contributed by atoms with E-state index in [0.29, 0.717) is 62.7 Å². The first-order valence-electron chi connectivity index (χ1n) is 21.2. The quantitative estimate of drug-likeness (QED) is 0.146. The summed E-state index contributed by atoms with van der Waals surface area (Å²) in [5, 5.41) is 4.32. The lowest BCUT2D eigenvalue weighted by atomic mass is 9.59. The van der Waals surface area contributed by atoms with Crippen LogP contribution in [0, 0.1) is 18.8 Å². The maximum atomic E-state index is 14.5. The Balaban J connectivity index is 0.988. The van der Waals surface area contributed by atoms with E-state index in [0.717, 1.165) is 86.4 Å². The van der Waals surface area contributed by atoms with E-state index in [2.05, 4.69) is 55.6 Å². The molecule has 3 aliphatic heterocycles. The summed E-state index contributed by atoms with van der Waals surface area (Å²) in [7, 11) is 0. The molecule has 3 aliphatic carbocycles. The number of nitrogens with zero attached hydrogens (tertiary/aromatic N) is 1. The number of aromatic nitrogens is 1. The van der Waals surface area contributed by atoms with Crippen LogP contribution in [0.25, 0.3) is 0 Å². The van der Waals surface area contributed by atoms with E-state index in [1.165, 1.54) is 27.8 Å². The summed E-state index contributed by atoms with van der Waals surface area (Å²) in [4.78, 5) is 19.3. The van der Waals surface area contributed by atoms with Gasteiger partial charge in [-0.15, -0.1) is 0 Å². The number of halogens is 1. The van der Waals surface area contributed by atoms with Gasteiger partial charge < -0.3 is 29.0 Å². The minimum atomic E-state index is -0.866. The van der Waals surface area contributed by atoms with Gasteiger partial charge in [-0.3, -0.25) is 4.98 Å². The molecule has 6 aliphatic rings. The summed E-state index contributed by atoms with van der Waals surface area (Å²) in [6.45, 7) is 7.11. The first-order valence-corrected chi connectivity index (χ1v) is 21.6. The molecule has 4 aromatic rings. The number of esters is 1. The zero-order chi connectivity index (χ0) is 39.0. The molecule has 0 saturated heterocycles. The lowest BCUT2D eigenvalue weighted by Crippen LogP contribution is -2.54. The van der Waals surface area contributed by atoms with Gasteiger partial charge in [0, 0.05) is 34.6 Å². The molecule has 10 rings (SSSR count). The van der Waals surface area contributed by atoms with Crippen molar-refractivity contribution in [3.8, 4) is 17.2 Å². The second kappa shape index (κ2) is 16.2. The number of nitrogens with one attached hydrogen (secondary N) is 1. The number of pyridine rings is 1. The number of rotatable bonds is 7. The molecule has 0 radical (unpaired) electrons. The van der Waals surface area contributed by atoms with E-state index >= 15 is 0 Å². The van der Waals surface area contributed by atoms with Crippen molar-refractivity contribution >= 4 is 23.3 Å². The Morgan fingerprint density at radius 2 is 1.77 bits per heavy atom. The first kappa shape index (κ1) is 38.3. The van der Waals surface area contributed by atoms with Gasteiger partial charge in [-0.05, 0) is 147 Å². The Labute approximate surface area is 341 Å². The Hall–Kier alpha value is -4.27. The minimum absolute atomic E-state index is 0.0723. The lowest BCUT2D eigenvalue weighted by molar-refractivity contribution is -0.151. The smallest absolute Gasteiger partial charge is 0.331 e. The number of anilines is 1. The third-order valence-corrected chi connectivity index (χ3v) is 13.8. The fraction of sp³-hybridized carbons (Fsp3) is 0.500. The molecule has 8 nitrogen and oxygen atoms in total. The number of hydrogen-bond donors (Lipinski definition) is 1. The molecule has 1 aromatic heterocycles. The van der Waals surface area contributed by atoms with Crippen LogP contribution in [-0.2, 0) is 39.1 Å². The molecular weight excluding hydrogens is 736 g/mol. The highest BCUT2D eigenvalue weighted by atomic mass is 35.5. The van der Waals surface area contributed by atoms with Gasteiger partial charge in [0.25, 0.3) is 0 Å². The molecule has 4 heterocycles. The Kier molecular flexibility index (Phi) is 10.9. The molecule has 1 fully saturated rings. The molecule has 1 N–H and O–H groups in total. The molecule has 1 saturated carbocycles. The normalized spacial score (nSPS) is 28.0. The standard InChI is InChI=1S/C48H55ClN2O6/c1-31-9-11-33(12-10-31)29-53-21-15-39-30-56-43-27-40-35(25-44(43)57-39)24-36-23-32(2)28-55-42-13-20-50-41-8-3-5-34(45(41)42)14-22-54-46(52)48(18-16-47(36,40)17-19-48)51-38-7-4-6-37(49)26-38/h4,6-7,9-13,20,25-27,32,34,36,39,51H,3,5,8,14-19,21-24,28-30H2,1-2H3/t32-,34+,36+,39+,47?,48?/m1/s1. The average Bonchev–Trinajstić information content (AvgIpc) is 3.49. The number of hydrogen-bond acceptors (Lipinski definition) is 8. The monoisotopic (exact) mass is 790 g/mol. The van der Waals surface area contributed by atoms with Crippen molar-refractivity contribution in [2.75, 3.05) is 31.7 Å². The molecule has 0 unspecified atom stereocenters. The largest absolute Gasteiger partial charge is 0.493 e. The number of benzene rings is 3. The van der Waals surface area contributed by atoms with Gasteiger partial charge in [0.2, 0.25) is 0 Å². The summed E-state index contributed by atoms with van der Waals surface area (Å²) < 4.78 is 32.1. The van der Waals surface area contributed by atoms with Gasteiger partial charge in [-0.25, -0.2) is 4.79 Å². The lowest BCUT2D eigenvalue weighted by Gasteiger charge is -2.48. The van der Waals surface area contributed by atoms with Crippen molar-refractivity contribution in [3.63, 3.8) is 0 Å². The second-order valence-corrected chi connectivity index (χ2v) is 17.9. The SMILES string of the molecule is Cc1ccc(COCC[C@H]2COc3cc4c(cc3O2)C[C@@H]2C[C@@H](C)COc3ccnc5c3[C@@H](CCC5)CCOC(=O)C3(Nc5cccc(Cl)c5)CCC42CC3)cc1. The van der Waals surface area contributed by atoms with Crippen molar-refractivity contribution in [2.45, 2.75) is 114 Å². The third kappa shape index (κ3) is 7.84. The Morgan fingerprint density at radius 1 is 0.930 bits per heavy atom. The molecule has 300 valence electrons. The molecule has 9 heteroatoms. The molecule has 1 spiro atoms. The van der Waals surface area contributed by atoms with Crippen LogP contribution < -0.4 is 19.5 Å². The van der Waals surface area contributed by atoms with Crippen LogP contribution in [0.3, 0.4) is 0 Å². The number of carbonyl (C=O) groups is 1. The van der Waals surface area contributed by atoms with Gasteiger partial charge in [0.1, 0.15) is 24.0 Å². The van der Waals surface area contributed by atoms with Gasteiger partial charge in [-0.2, -0.15) is 0 Å². The van der Waals surface area contributed by atoms with Crippen LogP contribution in [0.2, 0.25) is 5.02 Å². The van der Waals surface area contributed by atoms with Gasteiger partial charge in [0.15, 0.2) is 11.5 Å². The maximum Gasteiger partial charge on any atom is 0.331 e. The summed E-state index contributed by atoms with van der Waals surface area (Å²) in [5.74, 6) is 3.34. The highest BCUT2D eigenvalue weighted by molar-refractivity contribution is 6.30. The van der Waals surface area contributed by atoms with Gasteiger partial charge in [-0.1, -0.05) is 54.4 Å². The Bertz CT molecular complexity index is 2080. The van der Waals surface area contributed by atoms with Crippen LogP contribution in [0.1, 0.15) is 104 Å². The highest BCUT2D eigenvalue weighted by Gasteiger charge is 2.55. The molecule has 2 bridgehead atoms. The van der Waals surface area contributed by atoms with Crippen LogP contribution in [0.5, 0.6) is 17.2 Å². The molecular formula is C48H55ClN2O6. The minimum Gasteiger partial charge on any atom is -0.493 e. The highest BCUT2D eigenvalue weighted by Crippen LogP contribution is 2.58. The van der Waals surface area contributed by atoms with Crippen LogP contribution in [0.4, 0.5) is 5.69 Å². The molecule has 3 aromatic carbocycles. The zero-order valence-corrected chi connectivity index (χ0v) is 34.1. The van der Waals surface area contributed by atoms with Crippen molar-refractivity contribution in [1.82, 2.24) is 4.98 Å². The average molecular weight is 791 g/mol. The molecule has 0 amide bonds. The third-order valence-electron chi connectivity index (χ3n) is 13.6. The topological polar surface area (TPSA) is 88.1 Å². The summed E-state index contributed by atoms with van der Waals surface area (Å²) in [6, 6.07) is 22.7. The predicted octanol–water partition coefficient (Wildman–Crippen LogP) is 10.1. The number of fused-ring (bicyclic) bond motifs is 10. The van der Waals surface area contributed by atoms with Crippen molar-refractivity contribution in [2.24, 2.45) is 11.8 Å². The van der Waals surface area contributed by atoms with Crippen molar-refractivity contribution in [1.29, 1.82) is 0 Å². The van der Waals surface area contributed by atoms with Crippen LogP contribution in [-0.4, -0.2) is 49.0 Å². The number of aryl methyl sites for hydroxylation is 2. The fourth-order valence-electron chi connectivity index (χ4n) is 10.5. The summed E-state index contributed by atoms with van der Waals surface area (Å²) in [6.07, 6.45) is 11.4. The van der Waals surface area contributed by atoms with Crippen LogP contribution >= 0.6 is 11.6 Å². The van der Waals surface area contributed by atoms with E-state index < -0.39 is 5.54 Å². The van der Waals surface area contributed by atoms with Gasteiger partial charge >= 0.3 is 5.97 Å². The number of carbonyl (C=O) groups excluding carboxylic acids is 1. The molecule has 57 heavy (non-hydrogen) atoms. The van der Waals surface area contributed by atoms with Crippen LogP contribution in [0.15, 0.2) is 72.9 Å². The fourth-order valence-corrected chi connectivity index (χ4v) is 10.7. The van der Waals surface area contributed by atoms with E-state index in [1.807, 2.05) is 36.5 Å². The van der Waals surface area contributed by atoms with Crippen molar-refractivity contribution in [3.05, 3.63) is 111 Å². The summed E-state index contributed by atoms with van der Waals surface area (Å²) >= 11 is 6.47. The number of ether oxygens (including phenoxy) is 5. The zero-order valence-electron chi connectivity index (χ0n) is 33.3. The van der Waals surface area contributed by atoms with E-state index in [4.69, 9.17) is 40.3 Å². The second-order valence-electron chi connectivity index (χ2n) is 17.4. The summed E-state index contributed by atoms with van der Waals surface area (Å²) in [5.41, 5.74) is 7.27. The maximum absolute atomic E-state index is 14.5. The van der Waals surface area contributed by atoms with E-state index in [1.54, 1.807) is 0 Å². The van der Waals surface area contributed by atoms with E-state index in [9.17, 15) is 4.79 Å². The first-order chi connectivity index (χ1) is 27.8. The van der Waals surface area contributed by atoms with Gasteiger partial charge in [0.05, 0.1) is 26.4 Å². The van der Waals surface area contributed by atoms with E-state index in [-0.39, 0.29) is 23.4 Å².